The standard InChI is InChI=1S/C21H26BrFN4O2S.H2/c22-16-14-19(25-30(28,29)20-7-3-2-6-18(20)23)21(24-15-16)27-12-8-17(9-13-27)26-10-4-1-5-11-26;/h2-3,6-7,14-15,17,25H,1,4-5,8-13H2;1H. The van der Waals surface area contributed by atoms with Gasteiger partial charge in [0, 0.05) is 31.2 Å². The van der Waals surface area contributed by atoms with Crippen molar-refractivity contribution in [2.45, 2.75) is 43.0 Å². The number of pyridine rings is 1. The lowest BCUT2D eigenvalue weighted by molar-refractivity contribution is 0.141. The average molecular weight is 499 g/mol. The zero-order valence-corrected chi connectivity index (χ0v) is 19.1. The smallest absolute Gasteiger partial charge is 0.264 e. The van der Waals surface area contributed by atoms with E-state index in [-0.39, 0.29) is 6.32 Å². The Kier molecular flexibility index (Phi) is 6.60. The van der Waals surface area contributed by atoms with Crippen molar-refractivity contribution < 1.29 is 14.2 Å². The number of likely N-dealkylation sites (tertiary alicyclic amines) is 1. The lowest BCUT2D eigenvalue weighted by Gasteiger charge is -2.40. The fourth-order valence-corrected chi connectivity index (χ4v) is 5.81. The summed E-state index contributed by atoms with van der Waals surface area (Å²) < 4.78 is 42.9. The first-order valence-electron chi connectivity index (χ1n) is 10.4. The maximum absolute atomic E-state index is 14.1. The molecule has 0 bridgehead atoms. The summed E-state index contributed by atoms with van der Waals surface area (Å²) in [7, 11) is -4.07. The number of aromatic nitrogens is 1. The van der Waals surface area contributed by atoms with Crippen LogP contribution in [0.3, 0.4) is 0 Å². The lowest BCUT2D eigenvalue weighted by atomic mass is 10.00. The number of nitrogens with zero attached hydrogens (tertiary/aromatic N) is 3. The van der Waals surface area contributed by atoms with Crippen LogP contribution in [0.15, 0.2) is 45.9 Å². The normalized spacial score (nSPS) is 19.1. The summed E-state index contributed by atoms with van der Waals surface area (Å²) in [5.74, 6) is -0.202. The van der Waals surface area contributed by atoms with Gasteiger partial charge < -0.3 is 9.80 Å². The maximum atomic E-state index is 14.1. The largest absolute Gasteiger partial charge is 0.355 e. The number of rotatable bonds is 5. The van der Waals surface area contributed by atoms with Gasteiger partial charge in [0.15, 0.2) is 5.82 Å². The van der Waals surface area contributed by atoms with Crippen LogP contribution in [0.1, 0.15) is 33.5 Å². The average Bonchev–Trinajstić information content (AvgIpc) is 2.75. The van der Waals surface area contributed by atoms with E-state index in [0.717, 1.165) is 32.0 Å². The van der Waals surface area contributed by atoms with Gasteiger partial charge in [-0.05, 0) is 72.9 Å². The lowest BCUT2D eigenvalue weighted by Crippen LogP contribution is -2.47. The van der Waals surface area contributed by atoms with Gasteiger partial charge in [0.05, 0.1) is 5.69 Å². The van der Waals surface area contributed by atoms with Gasteiger partial charge in [0.25, 0.3) is 10.0 Å². The Hall–Kier alpha value is -1.71. The predicted molar refractivity (Wildman–Crippen MR) is 122 cm³/mol. The summed E-state index contributed by atoms with van der Waals surface area (Å²) in [6.07, 6.45) is 7.58. The molecular formula is C21H28BrFN4O2S. The van der Waals surface area contributed by atoms with Gasteiger partial charge in [-0.3, -0.25) is 4.72 Å². The molecule has 0 atom stereocenters. The molecule has 2 fully saturated rings. The molecule has 2 saturated heterocycles. The first-order valence-corrected chi connectivity index (χ1v) is 12.6. The van der Waals surface area contributed by atoms with Crippen molar-refractivity contribution >= 4 is 37.5 Å². The van der Waals surface area contributed by atoms with E-state index in [1.807, 2.05) is 0 Å². The summed E-state index contributed by atoms with van der Waals surface area (Å²) >= 11 is 3.36. The van der Waals surface area contributed by atoms with Gasteiger partial charge in [-0.2, -0.15) is 0 Å². The number of halogens is 2. The first kappa shape index (κ1) is 21.5. The topological polar surface area (TPSA) is 65.5 Å². The summed E-state index contributed by atoms with van der Waals surface area (Å²) in [6.45, 7) is 3.97. The Morgan fingerprint density at radius 1 is 1.10 bits per heavy atom. The summed E-state index contributed by atoms with van der Waals surface area (Å²) in [5, 5.41) is 0. The maximum Gasteiger partial charge on any atom is 0.264 e. The molecule has 0 spiro atoms. The van der Waals surface area contributed by atoms with Crippen LogP contribution in [-0.4, -0.2) is 50.5 Å². The monoisotopic (exact) mass is 498 g/mol. The first-order chi connectivity index (χ1) is 14.4. The number of piperidine rings is 2. The third-order valence-corrected chi connectivity index (χ3v) is 7.71. The molecule has 2 aliphatic heterocycles. The molecule has 0 radical (unpaired) electrons. The van der Waals surface area contributed by atoms with Crippen molar-refractivity contribution in [1.82, 2.24) is 9.88 Å². The van der Waals surface area contributed by atoms with E-state index in [0.29, 0.717) is 22.0 Å². The van der Waals surface area contributed by atoms with Crippen molar-refractivity contribution in [1.29, 1.82) is 0 Å². The number of benzene rings is 1. The highest BCUT2D eigenvalue weighted by atomic mass is 79.9. The van der Waals surface area contributed by atoms with Crippen molar-refractivity contribution in [3.63, 3.8) is 0 Å². The molecule has 164 valence electrons. The molecule has 0 amide bonds. The minimum absolute atomic E-state index is 0. The van der Waals surface area contributed by atoms with Crippen LogP contribution in [0, 0.1) is 5.82 Å². The number of hydrogen-bond acceptors (Lipinski definition) is 5. The number of sulfonamides is 1. The van der Waals surface area contributed by atoms with E-state index in [1.165, 1.54) is 50.6 Å². The van der Waals surface area contributed by atoms with E-state index in [1.54, 1.807) is 12.3 Å². The Bertz CT molecular complexity index is 997. The second-order valence-corrected chi connectivity index (χ2v) is 10.4. The molecular weight excluding hydrogens is 471 g/mol. The molecule has 2 aliphatic rings. The molecule has 1 aromatic carbocycles. The molecule has 6 nitrogen and oxygen atoms in total. The van der Waals surface area contributed by atoms with Crippen LogP contribution in [0.5, 0.6) is 0 Å². The fraction of sp³-hybridized carbons (Fsp3) is 0.476. The SMILES string of the molecule is O=S(=O)(Nc1cc(Br)cnc1N1CCC(N2CCCCC2)CC1)c1ccccc1F.[HH]. The third-order valence-electron chi connectivity index (χ3n) is 5.87. The van der Waals surface area contributed by atoms with Crippen molar-refractivity contribution in [3.05, 3.63) is 46.8 Å². The molecule has 0 saturated carbocycles. The van der Waals surface area contributed by atoms with Crippen LogP contribution in [0.4, 0.5) is 15.9 Å². The summed E-state index contributed by atoms with van der Waals surface area (Å²) in [5.41, 5.74) is 0.351. The van der Waals surface area contributed by atoms with Crippen LogP contribution >= 0.6 is 15.9 Å². The minimum Gasteiger partial charge on any atom is -0.355 e. The zero-order chi connectivity index (χ0) is 21.1. The van der Waals surface area contributed by atoms with Gasteiger partial charge in [-0.25, -0.2) is 17.8 Å². The molecule has 3 heterocycles. The Labute approximate surface area is 187 Å². The van der Waals surface area contributed by atoms with Crippen LogP contribution in [-0.2, 0) is 10.0 Å². The summed E-state index contributed by atoms with van der Waals surface area (Å²) in [4.78, 5) is 8.82. The highest BCUT2D eigenvalue weighted by molar-refractivity contribution is 9.10. The molecule has 1 aromatic heterocycles. The van der Waals surface area contributed by atoms with Crippen LogP contribution in [0.25, 0.3) is 0 Å². The predicted octanol–water partition coefficient (Wildman–Crippen LogP) is 4.48. The van der Waals surface area contributed by atoms with Gasteiger partial charge in [0.2, 0.25) is 0 Å². The molecule has 4 rings (SSSR count). The molecule has 9 heteroatoms. The van der Waals surface area contributed by atoms with E-state index in [9.17, 15) is 12.8 Å². The van der Waals surface area contributed by atoms with Gasteiger partial charge in [-0.1, -0.05) is 18.6 Å². The van der Waals surface area contributed by atoms with Crippen LogP contribution in [0.2, 0.25) is 0 Å². The molecule has 1 N–H and O–H groups in total. The Morgan fingerprint density at radius 2 is 1.80 bits per heavy atom. The van der Waals surface area contributed by atoms with E-state index >= 15 is 0 Å². The highest BCUT2D eigenvalue weighted by Crippen LogP contribution is 2.32. The van der Waals surface area contributed by atoms with Crippen LogP contribution < -0.4 is 9.62 Å². The second kappa shape index (κ2) is 9.20. The number of hydrogen-bond donors (Lipinski definition) is 1. The van der Waals surface area contributed by atoms with Gasteiger partial charge in [-0.15, -0.1) is 0 Å². The van der Waals surface area contributed by atoms with Crippen molar-refractivity contribution in [2.75, 3.05) is 35.8 Å². The third kappa shape index (κ3) is 4.78. The Balaban J connectivity index is 0.00000272. The van der Waals surface area contributed by atoms with E-state index in [2.05, 4.69) is 35.4 Å². The molecule has 0 unspecified atom stereocenters. The highest BCUT2D eigenvalue weighted by Gasteiger charge is 2.28. The van der Waals surface area contributed by atoms with E-state index in [4.69, 9.17) is 0 Å². The summed E-state index contributed by atoms with van der Waals surface area (Å²) in [6, 6.07) is 7.62. The minimum atomic E-state index is -4.07. The molecule has 30 heavy (non-hydrogen) atoms. The quantitative estimate of drug-likeness (QED) is 0.657. The van der Waals surface area contributed by atoms with Gasteiger partial charge in [0.1, 0.15) is 10.7 Å². The number of nitrogens with one attached hydrogen (secondary N) is 1. The molecule has 0 aliphatic carbocycles. The van der Waals surface area contributed by atoms with Crippen molar-refractivity contribution in [3.8, 4) is 0 Å². The zero-order valence-electron chi connectivity index (χ0n) is 16.7. The van der Waals surface area contributed by atoms with Gasteiger partial charge >= 0.3 is 0 Å². The fourth-order valence-electron chi connectivity index (χ4n) is 4.35. The molecule has 2 aromatic rings. The van der Waals surface area contributed by atoms with Crippen molar-refractivity contribution in [2.24, 2.45) is 0 Å². The Morgan fingerprint density at radius 3 is 2.50 bits per heavy atom. The van der Waals surface area contributed by atoms with E-state index < -0.39 is 15.8 Å². The number of anilines is 2. The second-order valence-electron chi connectivity index (χ2n) is 7.88.